The van der Waals surface area contributed by atoms with Crippen LogP contribution in [0.2, 0.25) is 0 Å². The highest BCUT2D eigenvalue weighted by atomic mass is 16.5. The summed E-state index contributed by atoms with van der Waals surface area (Å²) in [5.41, 5.74) is 5.11. The highest BCUT2D eigenvalue weighted by molar-refractivity contribution is 5.79. The van der Waals surface area contributed by atoms with Crippen LogP contribution in [-0.4, -0.2) is 42.6 Å². The molecule has 0 aromatic carbocycles. The Labute approximate surface area is 125 Å². The van der Waals surface area contributed by atoms with E-state index in [1.165, 1.54) is 32.9 Å². The summed E-state index contributed by atoms with van der Waals surface area (Å²) in [6.07, 6.45) is 6.54. The van der Waals surface area contributed by atoms with E-state index in [9.17, 15) is 4.79 Å². The Hall–Kier alpha value is -0.610. The zero-order chi connectivity index (χ0) is 15.6. The van der Waals surface area contributed by atoms with Crippen LogP contribution < -0.4 is 5.73 Å². The molecule has 1 unspecified atom stereocenters. The summed E-state index contributed by atoms with van der Waals surface area (Å²) in [4.78, 5) is 14.0. The minimum Gasteiger partial charge on any atom is -0.468 e. The first-order valence-electron chi connectivity index (χ1n) is 7.96. The van der Waals surface area contributed by atoms with Gasteiger partial charge in [0.2, 0.25) is 0 Å². The number of hydrogen-bond acceptors (Lipinski definition) is 4. The number of nitrogens with two attached hydrogens (primary N) is 1. The van der Waals surface area contributed by atoms with Crippen LogP contribution in [0.5, 0.6) is 0 Å². The molecule has 0 amide bonds. The summed E-state index contributed by atoms with van der Waals surface area (Å²) in [5, 5.41) is 0. The molecule has 4 heteroatoms. The van der Waals surface area contributed by atoms with Crippen molar-refractivity contribution >= 4 is 5.97 Å². The third kappa shape index (κ3) is 7.85. The van der Waals surface area contributed by atoms with Gasteiger partial charge in [0.1, 0.15) is 5.54 Å². The van der Waals surface area contributed by atoms with E-state index in [0.29, 0.717) is 12.5 Å². The Bertz CT molecular complexity index is 265. The van der Waals surface area contributed by atoms with Gasteiger partial charge in [-0.3, -0.25) is 4.79 Å². The summed E-state index contributed by atoms with van der Waals surface area (Å²) >= 11 is 0. The number of ether oxygens (including phenoxy) is 1. The Balaban J connectivity index is 3.97. The number of carbonyl (C=O) groups is 1. The minimum atomic E-state index is -0.848. The van der Waals surface area contributed by atoms with Gasteiger partial charge >= 0.3 is 5.97 Å². The molecule has 20 heavy (non-hydrogen) atoms. The standard InChI is InChI=1S/C16H34N2O2/c1-6-7-9-12-18(14(2)3)13-10-8-11-16(4,17)15(19)20-5/h14H,6-13,17H2,1-5H3. The van der Waals surface area contributed by atoms with Gasteiger partial charge in [-0.05, 0) is 59.5 Å². The monoisotopic (exact) mass is 286 g/mol. The van der Waals surface area contributed by atoms with Crippen LogP contribution >= 0.6 is 0 Å². The van der Waals surface area contributed by atoms with E-state index in [1.807, 2.05) is 0 Å². The molecule has 120 valence electrons. The summed E-state index contributed by atoms with van der Waals surface area (Å²) in [6, 6.07) is 0.580. The number of unbranched alkanes of at least 4 members (excludes halogenated alkanes) is 3. The maximum absolute atomic E-state index is 11.5. The molecule has 4 nitrogen and oxygen atoms in total. The molecule has 0 heterocycles. The number of esters is 1. The number of rotatable bonds is 11. The first kappa shape index (κ1) is 19.4. The van der Waals surface area contributed by atoms with E-state index in [0.717, 1.165) is 19.4 Å². The molecule has 0 bridgehead atoms. The van der Waals surface area contributed by atoms with Crippen LogP contribution in [0, 0.1) is 0 Å². The van der Waals surface area contributed by atoms with Crippen molar-refractivity contribution in [3.05, 3.63) is 0 Å². The summed E-state index contributed by atoms with van der Waals surface area (Å²) in [6.45, 7) is 10.7. The zero-order valence-corrected chi connectivity index (χ0v) is 14.1. The van der Waals surface area contributed by atoms with Gasteiger partial charge in [-0.1, -0.05) is 19.8 Å². The van der Waals surface area contributed by atoms with Crippen LogP contribution in [0.15, 0.2) is 0 Å². The molecule has 0 aliphatic carbocycles. The predicted octanol–water partition coefficient (Wildman–Crippen LogP) is 2.95. The molecule has 0 aliphatic rings. The van der Waals surface area contributed by atoms with Crippen molar-refractivity contribution in [1.29, 1.82) is 0 Å². The third-order valence-corrected chi connectivity index (χ3v) is 3.82. The molecule has 0 saturated heterocycles. The van der Waals surface area contributed by atoms with Crippen LogP contribution in [-0.2, 0) is 9.53 Å². The minimum absolute atomic E-state index is 0.318. The predicted molar refractivity (Wildman–Crippen MR) is 84.7 cm³/mol. The zero-order valence-electron chi connectivity index (χ0n) is 14.1. The van der Waals surface area contributed by atoms with Gasteiger partial charge in [0, 0.05) is 6.04 Å². The first-order valence-corrected chi connectivity index (χ1v) is 7.96. The molecule has 0 fully saturated rings. The van der Waals surface area contributed by atoms with Crippen molar-refractivity contribution in [2.45, 2.75) is 77.8 Å². The van der Waals surface area contributed by atoms with Crippen molar-refractivity contribution in [2.24, 2.45) is 5.73 Å². The number of carbonyl (C=O) groups excluding carboxylic acids is 1. The van der Waals surface area contributed by atoms with Crippen LogP contribution in [0.1, 0.15) is 66.2 Å². The molecular formula is C16H34N2O2. The van der Waals surface area contributed by atoms with Gasteiger partial charge in [0.25, 0.3) is 0 Å². The summed E-state index contributed by atoms with van der Waals surface area (Å²) < 4.78 is 4.72. The molecule has 0 saturated carbocycles. The van der Waals surface area contributed by atoms with Gasteiger partial charge in [0.15, 0.2) is 0 Å². The van der Waals surface area contributed by atoms with E-state index in [2.05, 4.69) is 25.7 Å². The highest BCUT2D eigenvalue weighted by Gasteiger charge is 2.28. The number of methoxy groups -OCH3 is 1. The van der Waals surface area contributed by atoms with E-state index in [4.69, 9.17) is 10.5 Å². The lowest BCUT2D eigenvalue weighted by Crippen LogP contribution is -2.45. The first-order chi connectivity index (χ1) is 9.35. The van der Waals surface area contributed by atoms with E-state index in [1.54, 1.807) is 6.92 Å². The Morgan fingerprint density at radius 1 is 1.20 bits per heavy atom. The van der Waals surface area contributed by atoms with Crippen molar-refractivity contribution in [2.75, 3.05) is 20.2 Å². The third-order valence-electron chi connectivity index (χ3n) is 3.82. The highest BCUT2D eigenvalue weighted by Crippen LogP contribution is 2.14. The van der Waals surface area contributed by atoms with Crippen molar-refractivity contribution in [1.82, 2.24) is 4.90 Å². The fourth-order valence-electron chi connectivity index (χ4n) is 2.34. The fraction of sp³-hybridized carbons (Fsp3) is 0.938. The molecule has 1 atom stereocenters. The van der Waals surface area contributed by atoms with Gasteiger partial charge in [-0.15, -0.1) is 0 Å². The lowest BCUT2D eigenvalue weighted by molar-refractivity contribution is -0.146. The van der Waals surface area contributed by atoms with Crippen molar-refractivity contribution < 1.29 is 9.53 Å². The second-order valence-electron chi connectivity index (χ2n) is 6.20. The number of hydrogen-bond donors (Lipinski definition) is 1. The van der Waals surface area contributed by atoms with Crippen molar-refractivity contribution in [3.8, 4) is 0 Å². The molecule has 0 aromatic heterocycles. The van der Waals surface area contributed by atoms with Gasteiger partial charge < -0.3 is 15.4 Å². The summed E-state index contributed by atoms with van der Waals surface area (Å²) in [5.74, 6) is -0.318. The van der Waals surface area contributed by atoms with Crippen LogP contribution in [0.3, 0.4) is 0 Å². The van der Waals surface area contributed by atoms with E-state index < -0.39 is 5.54 Å². The van der Waals surface area contributed by atoms with E-state index in [-0.39, 0.29) is 5.97 Å². The largest absolute Gasteiger partial charge is 0.468 e. The lowest BCUT2D eigenvalue weighted by atomic mass is 9.96. The SMILES string of the molecule is CCCCCN(CCCCC(C)(N)C(=O)OC)C(C)C. The van der Waals surface area contributed by atoms with Crippen LogP contribution in [0.4, 0.5) is 0 Å². The van der Waals surface area contributed by atoms with Gasteiger partial charge in [-0.25, -0.2) is 0 Å². The Morgan fingerprint density at radius 3 is 2.20 bits per heavy atom. The maximum Gasteiger partial charge on any atom is 0.325 e. The summed E-state index contributed by atoms with van der Waals surface area (Å²) in [7, 11) is 1.39. The van der Waals surface area contributed by atoms with Crippen LogP contribution in [0.25, 0.3) is 0 Å². The molecule has 0 rings (SSSR count). The lowest BCUT2D eigenvalue weighted by Gasteiger charge is -2.27. The molecule has 2 N–H and O–H groups in total. The topological polar surface area (TPSA) is 55.6 Å². The molecular weight excluding hydrogens is 252 g/mol. The van der Waals surface area contributed by atoms with Crippen molar-refractivity contribution in [3.63, 3.8) is 0 Å². The van der Waals surface area contributed by atoms with Gasteiger partial charge in [0.05, 0.1) is 7.11 Å². The Morgan fingerprint density at radius 2 is 1.75 bits per heavy atom. The van der Waals surface area contributed by atoms with E-state index >= 15 is 0 Å². The average Bonchev–Trinajstić information content (AvgIpc) is 2.40. The average molecular weight is 286 g/mol. The molecule has 0 radical (unpaired) electrons. The molecule has 0 aliphatic heterocycles. The van der Waals surface area contributed by atoms with Gasteiger partial charge in [-0.2, -0.15) is 0 Å². The second-order valence-corrected chi connectivity index (χ2v) is 6.20. The second kappa shape index (κ2) is 10.2. The molecule has 0 aromatic rings. The smallest absolute Gasteiger partial charge is 0.325 e. The maximum atomic E-state index is 11.5. The number of nitrogens with zero attached hydrogens (tertiary/aromatic N) is 1. The molecule has 0 spiro atoms. The quantitative estimate of drug-likeness (QED) is 0.469. The normalized spacial score (nSPS) is 14.6. The fourth-order valence-corrected chi connectivity index (χ4v) is 2.34. The Kier molecular flexibility index (Phi) is 9.86.